The van der Waals surface area contributed by atoms with E-state index in [9.17, 15) is 8.42 Å². The molecule has 0 fully saturated rings. The molecule has 0 amide bonds. The van der Waals surface area contributed by atoms with Gasteiger partial charge in [0.2, 0.25) is 0 Å². The van der Waals surface area contributed by atoms with Crippen LogP contribution in [-0.2, 0) is 14.9 Å². The molecule has 0 bridgehead atoms. The molecule has 0 aliphatic carbocycles. The van der Waals surface area contributed by atoms with Crippen LogP contribution in [0.2, 0.25) is 0 Å². The summed E-state index contributed by atoms with van der Waals surface area (Å²) < 4.78 is 30.8. The van der Waals surface area contributed by atoms with Crippen molar-refractivity contribution >= 4 is 10.1 Å². The van der Waals surface area contributed by atoms with Gasteiger partial charge in [-0.15, -0.1) is 0 Å². The van der Waals surface area contributed by atoms with E-state index in [2.05, 4.69) is 0 Å². The molecule has 0 aromatic heterocycles. The second kappa shape index (κ2) is 8.13. The van der Waals surface area contributed by atoms with Crippen LogP contribution in [0.5, 0.6) is 0 Å². The maximum absolute atomic E-state index is 9.19. The standard InChI is InChI=1S/C6H14O3.CH4O3S/c1-5(8)4-9-6(2)3-7;1-5(2,3)4/h5-8H,3-4H2,1-2H3;1H3,(H,2,3,4). The Morgan fingerprint density at radius 1 is 1.36 bits per heavy atom. The molecular formula is C7H18O6S. The highest BCUT2D eigenvalue weighted by Gasteiger charge is 2.00. The predicted octanol–water partition coefficient (Wildman–Crippen LogP) is -0.731. The molecule has 0 rings (SSSR count). The summed E-state index contributed by atoms with van der Waals surface area (Å²) in [6.45, 7) is 3.70. The van der Waals surface area contributed by atoms with Crippen molar-refractivity contribution in [2.24, 2.45) is 0 Å². The van der Waals surface area contributed by atoms with E-state index in [1.807, 2.05) is 0 Å². The maximum Gasteiger partial charge on any atom is 0.261 e. The third-order valence-electron chi connectivity index (χ3n) is 0.879. The first-order chi connectivity index (χ1) is 6.16. The van der Waals surface area contributed by atoms with Crippen molar-refractivity contribution in [3.63, 3.8) is 0 Å². The maximum atomic E-state index is 9.19. The molecule has 2 unspecified atom stereocenters. The minimum absolute atomic E-state index is 0.00667. The average molecular weight is 230 g/mol. The zero-order valence-electron chi connectivity index (χ0n) is 8.54. The van der Waals surface area contributed by atoms with E-state index in [1.165, 1.54) is 0 Å². The number of aliphatic hydroxyl groups is 2. The molecule has 0 aromatic carbocycles. The smallest absolute Gasteiger partial charge is 0.261 e. The molecule has 0 aromatic rings. The Balaban J connectivity index is 0. The lowest BCUT2D eigenvalue weighted by molar-refractivity contribution is -0.0177. The lowest BCUT2D eigenvalue weighted by atomic mass is 10.4. The van der Waals surface area contributed by atoms with Gasteiger partial charge >= 0.3 is 0 Å². The van der Waals surface area contributed by atoms with Gasteiger partial charge in [0.1, 0.15) is 0 Å². The van der Waals surface area contributed by atoms with Gasteiger partial charge in [0.25, 0.3) is 10.1 Å². The highest BCUT2D eigenvalue weighted by Crippen LogP contribution is 1.90. The molecule has 0 aliphatic heterocycles. The molecular weight excluding hydrogens is 212 g/mol. The number of ether oxygens (including phenoxy) is 1. The molecule has 0 saturated heterocycles. The van der Waals surface area contributed by atoms with E-state index >= 15 is 0 Å². The molecule has 7 heteroatoms. The first kappa shape index (κ1) is 16.2. The minimum Gasteiger partial charge on any atom is -0.394 e. The number of aliphatic hydroxyl groups excluding tert-OH is 2. The highest BCUT2D eigenvalue weighted by molar-refractivity contribution is 7.85. The van der Waals surface area contributed by atoms with Gasteiger partial charge in [-0.05, 0) is 13.8 Å². The molecule has 6 nitrogen and oxygen atoms in total. The Hall–Kier alpha value is -0.210. The van der Waals surface area contributed by atoms with Crippen molar-refractivity contribution in [2.45, 2.75) is 26.1 Å². The number of hydrogen-bond donors (Lipinski definition) is 3. The summed E-state index contributed by atoms with van der Waals surface area (Å²) in [7, 11) is -3.67. The van der Waals surface area contributed by atoms with Crippen LogP contribution in [0.25, 0.3) is 0 Å². The minimum atomic E-state index is -3.67. The molecule has 0 heterocycles. The van der Waals surface area contributed by atoms with Crippen LogP contribution in [0, 0.1) is 0 Å². The van der Waals surface area contributed by atoms with Crippen LogP contribution in [0.4, 0.5) is 0 Å². The molecule has 0 radical (unpaired) electrons. The summed E-state index contributed by atoms with van der Waals surface area (Å²) in [4.78, 5) is 0. The summed E-state index contributed by atoms with van der Waals surface area (Å²) in [6, 6.07) is 0. The van der Waals surface area contributed by atoms with E-state index in [1.54, 1.807) is 13.8 Å². The molecule has 2 atom stereocenters. The Labute approximate surface area is 84.3 Å². The monoisotopic (exact) mass is 230 g/mol. The first-order valence-corrected chi connectivity index (χ1v) is 5.84. The van der Waals surface area contributed by atoms with Gasteiger partial charge in [-0.2, -0.15) is 8.42 Å². The number of rotatable bonds is 4. The van der Waals surface area contributed by atoms with Gasteiger partial charge in [-0.3, -0.25) is 4.55 Å². The average Bonchev–Trinajstić information content (AvgIpc) is 1.96. The van der Waals surface area contributed by atoms with Crippen molar-refractivity contribution in [1.29, 1.82) is 0 Å². The fourth-order valence-corrected chi connectivity index (χ4v) is 0.356. The second-order valence-electron chi connectivity index (χ2n) is 2.91. The predicted molar refractivity (Wildman–Crippen MR) is 51.7 cm³/mol. The molecule has 0 spiro atoms. The van der Waals surface area contributed by atoms with Crippen molar-refractivity contribution in [2.75, 3.05) is 19.5 Å². The van der Waals surface area contributed by atoms with E-state index in [-0.39, 0.29) is 12.7 Å². The van der Waals surface area contributed by atoms with Crippen molar-refractivity contribution in [3.8, 4) is 0 Å². The van der Waals surface area contributed by atoms with Gasteiger partial charge in [0.15, 0.2) is 0 Å². The van der Waals surface area contributed by atoms with Crippen LogP contribution in [0.15, 0.2) is 0 Å². The van der Waals surface area contributed by atoms with Gasteiger partial charge in [0, 0.05) is 0 Å². The van der Waals surface area contributed by atoms with Gasteiger partial charge < -0.3 is 14.9 Å². The number of hydrogen-bond acceptors (Lipinski definition) is 5. The van der Waals surface area contributed by atoms with Gasteiger partial charge in [-0.25, -0.2) is 0 Å². The molecule has 3 N–H and O–H groups in total. The van der Waals surface area contributed by atoms with Crippen LogP contribution in [-0.4, -0.2) is 54.9 Å². The largest absolute Gasteiger partial charge is 0.394 e. The Morgan fingerprint density at radius 3 is 1.93 bits per heavy atom. The third-order valence-corrected chi connectivity index (χ3v) is 0.879. The van der Waals surface area contributed by atoms with E-state index in [4.69, 9.17) is 19.5 Å². The third kappa shape index (κ3) is 29.8. The second-order valence-corrected chi connectivity index (χ2v) is 4.37. The summed E-state index contributed by atoms with van der Waals surface area (Å²) in [6.07, 6.45) is 0.103. The van der Waals surface area contributed by atoms with Crippen molar-refractivity contribution in [1.82, 2.24) is 0 Å². The van der Waals surface area contributed by atoms with Crippen LogP contribution in [0.3, 0.4) is 0 Å². The molecule has 14 heavy (non-hydrogen) atoms. The SMILES string of the molecule is CC(O)COC(C)CO.CS(=O)(=O)O. The summed E-state index contributed by atoms with van der Waals surface area (Å²) in [5.74, 6) is 0. The van der Waals surface area contributed by atoms with Gasteiger partial charge in [-0.1, -0.05) is 0 Å². The Kier molecular flexibility index (Phi) is 9.42. The quantitative estimate of drug-likeness (QED) is 0.550. The summed E-state index contributed by atoms with van der Waals surface area (Å²) >= 11 is 0. The lowest BCUT2D eigenvalue weighted by Crippen LogP contribution is -2.19. The van der Waals surface area contributed by atoms with Crippen LogP contribution < -0.4 is 0 Å². The first-order valence-electron chi connectivity index (χ1n) is 3.99. The van der Waals surface area contributed by atoms with E-state index in [0.717, 1.165) is 0 Å². The van der Waals surface area contributed by atoms with E-state index in [0.29, 0.717) is 12.9 Å². The molecule has 0 aliphatic rings. The zero-order valence-corrected chi connectivity index (χ0v) is 9.36. The summed E-state index contributed by atoms with van der Waals surface area (Å²) in [5, 5.41) is 17.1. The zero-order chi connectivity index (χ0) is 11.8. The topological polar surface area (TPSA) is 104 Å². The lowest BCUT2D eigenvalue weighted by Gasteiger charge is -2.10. The van der Waals surface area contributed by atoms with Crippen LogP contribution >= 0.6 is 0 Å². The van der Waals surface area contributed by atoms with Crippen molar-refractivity contribution in [3.05, 3.63) is 0 Å². The summed E-state index contributed by atoms with van der Waals surface area (Å²) in [5.41, 5.74) is 0. The fraction of sp³-hybridized carbons (Fsp3) is 1.00. The normalized spacial score (nSPS) is 15.3. The fourth-order valence-electron chi connectivity index (χ4n) is 0.356. The van der Waals surface area contributed by atoms with Crippen LogP contribution in [0.1, 0.15) is 13.8 Å². The molecule has 88 valence electrons. The van der Waals surface area contributed by atoms with Crippen molar-refractivity contribution < 1.29 is 27.9 Å². The van der Waals surface area contributed by atoms with Gasteiger partial charge in [0.05, 0.1) is 31.7 Å². The molecule has 0 saturated carbocycles. The Morgan fingerprint density at radius 2 is 1.71 bits per heavy atom. The highest BCUT2D eigenvalue weighted by atomic mass is 32.2. The Bertz CT molecular complexity index is 202. The van der Waals surface area contributed by atoms with E-state index < -0.39 is 16.2 Å².